The summed E-state index contributed by atoms with van der Waals surface area (Å²) in [5.41, 5.74) is 3.40. The molecular weight excluding hydrogens is 513 g/mol. The van der Waals surface area contributed by atoms with Crippen LogP contribution in [0.2, 0.25) is 10.0 Å². The molecule has 1 unspecified atom stereocenters. The van der Waals surface area contributed by atoms with Gasteiger partial charge in [-0.2, -0.15) is 0 Å². The van der Waals surface area contributed by atoms with Crippen LogP contribution in [0, 0.1) is 0 Å². The first kappa shape index (κ1) is 25.4. The van der Waals surface area contributed by atoms with Crippen molar-refractivity contribution < 1.29 is 14.3 Å². The van der Waals surface area contributed by atoms with Gasteiger partial charge in [-0.3, -0.25) is 14.5 Å². The molecule has 3 aromatic rings. The molecule has 5 rings (SSSR count). The Morgan fingerprint density at radius 2 is 1.73 bits per heavy atom. The first-order valence-corrected chi connectivity index (χ1v) is 12.9. The lowest BCUT2D eigenvalue weighted by molar-refractivity contribution is -0.133. The molecule has 1 fully saturated rings. The van der Waals surface area contributed by atoms with Crippen molar-refractivity contribution in [1.29, 1.82) is 0 Å². The van der Waals surface area contributed by atoms with Gasteiger partial charge in [0.05, 0.1) is 21.8 Å². The number of benzene rings is 2. The van der Waals surface area contributed by atoms with Crippen molar-refractivity contribution in [2.24, 2.45) is 0 Å². The summed E-state index contributed by atoms with van der Waals surface area (Å²) >= 11 is 12.3. The third kappa shape index (κ3) is 5.56. The van der Waals surface area contributed by atoms with Crippen LogP contribution in [0.1, 0.15) is 24.4 Å². The number of hydrogen-bond acceptors (Lipinski definition) is 6. The summed E-state index contributed by atoms with van der Waals surface area (Å²) in [4.78, 5) is 40.1. The molecule has 192 valence electrons. The van der Waals surface area contributed by atoms with Crippen molar-refractivity contribution in [3.05, 3.63) is 70.7 Å². The third-order valence-corrected chi connectivity index (χ3v) is 7.64. The van der Waals surface area contributed by atoms with Crippen LogP contribution >= 0.6 is 23.2 Å². The Labute approximate surface area is 225 Å². The minimum Gasteiger partial charge on any atom is -0.482 e. The Balaban J connectivity index is 1.39. The Hall–Kier alpha value is -3.20. The summed E-state index contributed by atoms with van der Waals surface area (Å²) in [5.74, 6) is -0.0614. The lowest BCUT2D eigenvalue weighted by Crippen LogP contribution is -2.47. The first-order chi connectivity index (χ1) is 17.9. The number of nitrogens with zero attached hydrogens (tertiary/aromatic N) is 5. The van der Waals surface area contributed by atoms with Crippen LogP contribution in [0.25, 0.3) is 11.1 Å². The highest BCUT2D eigenvalue weighted by Gasteiger charge is 2.32. The number of amides is 2. The Morgan fingerprint density at radius 3 is 2.43 bits per heavy atom. The second-order valence-electron chi connectivity index (χ2n) is 9.28. The van der Waals surface area contributed by atoms with Crippen LogP contribution < -0.4 is 9.64 Å². The van der Waals surface area contributed by atoms with Gasteiger partial charge in [0, 0.05) is 37.6 Å². The number of likely N-dealkylation sites (tertiary alicyclic amines) is 1. The average Bonchev–Trinajstić information content (AvgIpc) is 3.44. The normalized spacial score (nSPS) is 16.3. The van der Waals surface area contributed by atoms with E-state index in [0.717, 1.165) is 42.6 Å². The van der Waals surface area contributed by atoms with Gasteiger partial charge in [-0.1, -0.05) is 47.5 Å². The van der Waals surface area contributed by atoms with E-state index < -0.39 is 0 Å². The Kier molecular flexibility index (Phi) is 7.60. The van der Waals surface area contributed by atoms with Crippen LogP contribution in [0.5, 0.6) is 5.75 Å². The second kappa shape index (κ2) is 11.0. The zero-order chi connectivity index (χ0) is 25.9. The summed E-state index contributed by atoms with van der Waals surface area (Å²) < 4.78 is 5.52. The summed E-state index contributed by atoms with van der Waals surface area (Å²) in [6, 6.07) is 11.1. The van der Waals surface area contributed by atoms with Crippen LogP contribution in [-0.2, 0) is 9.59 Å². The van der Waals surface area contributed by atoms with Gasteiger partial charge < -0.3 is 14.5 Å². The third-order valence-electron chi connectivity index (χ3n) is 6.92. The SMILES string of the molecule is CN(C(=O)CN1C(=O)COc2cc(Cl)c(Cl)cc21)C(CN1CCCC1)c1ccc(-c2cncnc2)cc1. The number of anilines is 1. The van der Waals surface area contributed by atoms with E-state index in [1.165, 1.54) is 11.2 Å². The molecule has 2 aliphatic heterocycles. The number of halogens is 2. The minimum absolute atomic E-state index is 0.125. The Bertz CT molecular complexity index is 1280. The van der Waals surface area contributed by atoms with Crippen molar-refractivity contribution in [2.45, 2.75) is 18.9 Å². The van der Waals surface area contributed by atoms with E-state index in [9.17, 15) is 9.59 Å². The molecular formula is C27H27Cl2N5O3. The van der Waals surface area contributed by atoms with Gasteiger partial charge in [-0.25, -0.2) is 9.97 Å². The van der Waals surface area contributed by atoms with Gasteiger partial charge in [-0.05, 0) is 43.1 Å². The summed E-state index contributed by atoms with van der Waals surface area (Å²) in [6.45, 7) is 2.44. The fourth-order valence-corrected chi connectivity index (χ4v) is 5.11. The Morgan fingerprint density at radius 1 is 1.05 bits per heavy atom. The molecule has 1 saturated heterocycles. The van der Waals surface area contributed by atoms with E-state index in [1.807, 2.05) is 24.3 Å². The van der Waals surface area contributed by atoms with Crippen LogP contribution in [0.4, 0.5) is 5.69 Å². The highest BCUT2D eigenvalue weighted by molar-refractivity contribution is 6.42. The minimum atomic E-state index is -0.307. The number of likely N-dealkylation sites (N-methyl/N-ethyl adjacent to an activating group) is 1. The highest BCUT2D eigenvalue weighted by Crippen LogP contribution is 2.39. The molecule has 0 saturated carbocycles. The molecule has 0 spiro atoms. The molecule has 2 aliphatic rings. The van der Waals surface area contributed by atoms with Crippen molar-refractivity contribution in [2.75, 3.05) is 44.7 Å². The zero-order valence-electron chi connectivity index (χ0n) is 20.4. The standard InChI is InChI=1S/C27H27Cl2N5O3/c1-32(26(35)15-34-23-10-21(28)22(29)11-25(23)37-16-27(34)36)24(14-33-8-2-3-9-33)19-6-4-18(5-7-19)20-12-30-17-31-13-20/h4-7,10-13,17,24H,2-3,8-9,14-16H2,1H3. The number of aromatic nitrogens is 2. The second-order valence-corrected chi connectivity index (χ2v) is 10.1. The van der Waals surface area contributed by atoms with E-state index >= 15 is 0 Å². The fraction of sp³-hybridized carbons (Fsp3) is 0.333. The van der Waals surface area contributed by atoms with Gasteiger partial charge in [-0.15, -0.1) is 0 Å². The van der Waals surface area contributed by atoms with Gasteiger partial charge in [0.1, 0.15) is 18.6 Å². The van der Waals surface area contributed by atoms with E-state index in [-0.39, 0.29) is 31.0 Å². The number of rotatable bonds is 7. The largest absolute Gasteiger partial charge is 0.482 e. The van der Waals surface area contributed by atoms with Gasteiger partial charge >= 0.3 is 0 Å². The van der Waals surface area contributed by atoms with Crippen molar-refractivity contribution >= 4 is 40.7 Å². The quantitative estimate of drug-likeness (QED) is 0.440. The summed E-state index contributed by atoms with van der Waals surface area (Å²) in [6.07, 6.45) is 7.36. The lowest BCUT2D eigenvalue weighted by Gasteiger charge is -2.35. The maximum atomic E-state index is 13.6. The number of ether oxygens (including phenoxy) is 1. The number of hydrogen-bond donors (Lipinski definition) is 0. The first-order valence-electron chi connectivity index (χ1n) is 12.2. The topological polar surface area (TPSA) is 78.9 Å². The molecule has 37 heavy (non-hydrogen) atoms. The molecule has 0 bridgehead atoms. The van der Waals surface area contributed by atoms with Crippen LogP contribution in [0.3, 0.4) is 0 Å². The maximum Gasteiger partial charge on any atom is 0.265 e. The van der Waals surface area contributed by atoms with Gasteiger partial charge in [0.25, 0.3) is 5.91 Å². The monoisotopic (exact) mass is 539 g/mol. The molecule has 8 nitrogen and oxygen atoms in total. The van der Waals surface area contributed by atoms with Crippen molar-refractivity contribution in [3.8, 4) is 16.9 Å². The molecule has 0 N–H and O–H groups in total. The van der Waals surface area contributed by atoms with Crippen molar-refractivity contribution in [1.82, 2.24) is 19.8 Å². The van der Waals surface area contributed by atoms with E-state index in [4.69, 9.17) is 27.9 Å². The summed E-state index contributed by atoms with van der Waals surface area (Å²) in [7, 11) is 1.79. The molecule has 1 aromatic heterocycles. The maximum absolute atomic E-state index is 13.6. The number of carbonyl (C=O) groups is 2. The number of carbonyl (C=O) groups excluding carboxylic acids is 2. The van der Waals surface area contributed by atoms with E-state index in [1.54, 1.807) is 36.5 Å². The molecule has 10 heteroatoms. The van der Waals surface area contributed by atoms with E-state index in [0.29, 0.717) is 28.0 Å². The smallest absolute Gasteiger partial charge is 0.265 e. The lowest BCUT2D eigenvalue weighted by atomic mass is 10.0. The van der Waals surface area contributed by atoms with Crippen molar-refractivity contribution in [3.63, 3.8) is 0 Å². The molecule has 0 aliphatic carbocycles. The van der Waals surface area contributed by atoms with Crippen LogP contribution in [0.15, 0.2) is 55.1 Å². The average molecular weight is 540 g/mol. The van der Waals surface area contributed by atoms with Crippen LogP contribution in [-0.4, -0.2) is 71.4 Å². The predicted octanol–water partition coefficient (Wildman–Crippen LogP) is 4.47. The summed E-state index contributed by atoms with van der Waals surface area (Å²) in [5, 5.41) is 0.620. The molecule has 1 atom stereocenters. The number of fused-ring (bicyclic) bond motifs is 1. The predicted molar refractivity (Wildman–Crippen MR) is 143 cm³/mol. The van der Waals surface area contributed by atoms with Gasteiger partial charge in [0.15, 0.2) is 6.61 Å². The molecule has 2 aromatic carbocycles. The fourth-order valence-electron chi connectivity index (χ4n) is 4.80. The molecule has 3 heterocycles. The highest BCUT2D eigenvalue weighted by atomic mass is 35.5. The van der Waals surface area contributed by atoms with E-state index in [2.05, 4.69) is 14.9 Å². The molecule has 2 amide bonds. The molecule has 0 radical (unpaired) electrons. The van der Waals surface area contributed by atoms with Gasteiger partial charge in [0.2, 0.25) is 5.91 Å². The zero-order valence-corrected chi connectivity index (χ0v) is 22.0.